The minimum absolute atomic E-state index is 0.0368. The fourth-order valence-electron chi connectivity index (χ4n) is 5.46. The highest BCUT2D eigenvalue weighted by atomic mass is 16.3. The Hall–Kier alpha value is -0.900. The molecular weight excluding hydrogens is 444 g/mol. The Morgan fingerprint density at radius 1 is 0.639 bits per heavy atom. The average Bonchev–Trinajstić information content (AvgIpc) is 2.89. The summed E-state index contributed by atoms with van der Waals surface area (Å²) in [6.07, 6.45) is 23.2. The van der Waals surface area contributed by atoms with Crippen molar-refractivity contribution in [2.75, 3.05) is 0 Å². The summed E-state index contributed by atoms with van der Waals surface area (Å²) in [5, 5.41) is 33.2. The number of benzene rings is 1. The zero-order valence-corrected chi connectivity index (χ0v) is 24.2. The fraction of sp³-hybridized carbons (Fsp3) is 0.818. The normalized spacial score (nSPS) is 12.8. The molecule has 0 saturated heterocycles. The van der Waals surface area contributed by atoms with Crippen molar-refractivity contribution >= 4 is 0 Å². The van der Waals surface area contributed by atoms with E-state index in [-0.39, 0.29) is 6.61 Å². The molecule has 1 aromatic carbocycles. The molecule has 0 radical (unpaired) electrons. The van der Waals surface area contributed by atoms with Crippen LogP contribution in [0.25, 0.3) is 0 Å². The van der Waals surface area contributed by atoms with E-state index in [0.29, 0.717) is 0 Å². The third kappa shape index (κ3) is 13.6. The smallest absolute Gasteiger partial charge is 0.0900 e. The van der Waals surface area contributed by atoms with Gasteiger partial charge in [-0.15, -0.1) is 0 Å². The van der Waals surface area contributed by atoms with E-state index in [1.165, 1.54) is 77.0 Å². The SMILES string of the molecule is CCCCCCCCC(O)c1ccc(CO)cc1C(O)(CCCCCCCC)CCCCCCCC. The van der Waals surface area contributed by atoms with E-state index in [1.807, 2.05) is 18.2 Å². The molecule has 0 bridgehead atoms. The van der Waals surface area contributed by atoms with Crippen molar-refractivity contribution in [1.82, 2.24) is 0 Å². The lowest BCUT2D eigenvalue weighted by Gasteiger charge is -2.33. The lowest BCUT2D eigenvalue weighted by molar-refractivity contribution is 0.00953. The molecule has 0 saturated carbocycles. The molecule has 3 heteroatoms. The van der Waals surface area contributed by atoms with Crippen molar-refractivity contribution in [3.63, 3.8) is 0 Å². The molecule has 1 atom stereocenters. The molecule has 0 aliphatic rings. The molecule has 3 nitrogen and oxygen atoms in total. The first-order valence-electron chi connectivity index (χ1n) is 15.7. The number of hydrogen-bond donors (Lipinski definition) is 3. The van der Waals surface area contributed by atoms with Crippen molar-refractivity contribution in [3.8, 4) is 0 Å². The summed E-state index contributed by atoms with van der Waals surface area (Å²) >= 11 is 0. The van der Waals surface area contributed by atoms with E-state index in [9.17, 15) is 15.3 Å². The number of unbranched alkanes of at least 4 members (excludes halogenated alkanes) is 15. The quantitative estimate of drug-likeness (QED) is 0.123. The minimum atomic E-state index is -0.932. The van der Waals surface area contributed by atoms with Gasteiger partial charge >= 0.3 is 0 Å². The van der Waals surface area contributed by atoms with Crippen molar-refractivity contribution in [2.24, 2.45) is 0 Å². The van der Waals surface area contributed by atoms with Gasteiger partial charge in [0.25, 0.3) is 0 Å². The highest BCUT2D eigenvalue weighted by Crippen LogP contribution is 2.39. The highest BCUT2D eigenvalue weighted by Gasteiger charge is 2.32. The molecule has 1 unspecified atom stereocenters. The van der Waals surface area contributed by atoms with E-state index in [4.69, 9.17) is 0 Å². The highest BCUT2D eigenvalue weighted by molar-refractivity contribution is 5.38. The van der Waals surface area contributed by atoms with Crippen LogP contribution in [0.5, 0.6) is 0 Å². The van der Waals surface area contributed by atoms with Gasteiger partial charge in [0, 0.05) is 0 Å². The monoisotopic (exact) mass is 504 g/mol. The minimum Gasteiger partial charge on any atom is -0.392 e. The number of rotatable bonds is 24. The lowest BCUT2D eigenvalue weighted by atomic mass is 9.79. The first-order valence-corrected chi connectivity index (χ1v) is 15.7. The van der Waals surface area contributed by atoms with Gasteiger partial charge in [-0.2, -0.15) is 0 Å². The predicted octanol–water partition coefficient (Wildman–Crippen LogP) is 9.65. The Labute approximate surface area is 224 Å². The third-order valence-corrected chi connectivity index (χ3v) is 7.88. The van der Waals surface area contributed by atoms with Crippen molar-refractivity contribution in [3.05, 3.63) is 34.9 Å². The van der Waals surface area contributed by atoms with Gasteiger partial charge in [-0.05, 0) is 36.0 Å². The van der Waals surface area contributed by atoms with Gasteiger partial charge in [0.05, 0.1) is 18.3 Å². The molecule has 1 aromatic rings. The Bertz CT molecular complexity index is 626. The van der Waals surface area contributed by atoms with Crippen LogP contribution >= 0.6 is 0 Å². The Morgan fingerprint density at radius 2 is 1.08 bits per heavy atom. The zero-order valence-electron chi connectivity index (χ0n) is 24.2. The van der Waals surface area contributed by atoms with Gasteiger partial charge in [0.2, 0.25) is 0 Å². The summed E-state index contributed by atoms with van der Waals surface area (Å²) in [6, 6.07) is 5.86. The van der Waals surface area contributed by atoms with Gasteiger partial charge in [-0.1, -0.05) is 155 Å². The van der Waals surface area contributed by atoms with E-state index in [2.05, 4.69) is 20.8 Å². The van der Waals surface area contributed by atoms with Crippen LogP contribution in [0.2, 0.25) is 0 Å². The Balaban J connectivity index is 2.95. The molecule has 0 amide bonds. The van der Waals surface area contributed by atoms with Crippen LogP contribution in [0.1, 0.15) is 178 Å². The molecule has 1 rings (SSSR count). The molecule has 0 aliphatic heterocycles. The van der Waals surface area contributed by atoms with Gasteiger partial charge in [0.1, 0.15) is 0 Å². The molecule has 0 fully saturated rings. The third-order valence-electron chi connectivity index (χ3n) is 7.88. The predicted molar refractivity (Wildman–Crippen MR) is 155 cm³/mol. The zero-order chi connectivity index (χ0) is 26.5. The summed E-state index contributed by atoms with van der Waals surface area (Å²) in [4.78, 5) is 0. The maximum absolute atomic E-state index is 12.1. The lowest BCUT2D eigenvalue weighted by Crippen LogP contribution is -2.28. The molecule has 3 N–H and O–H groups in total. The van der Waals surface area contributed by atoms with Gasteiger partial charge in [-0.3, -0.25) is 0 Å². The van der Waals surface area contributed by atoms with Crippen molar-refractivity contribution in [1.29, 1.82) is 0 Å². The van der Waals surface area contributed by atoms with Crippen LogP contribution in [0.4, 0.5) is 0 Å². The number of aliphatic hydroxyl groups excluding tert-OH is 2. The number of hydrogen-bond acceptors (Lipinski definition) is 3. The topological polar surface area (TPSA) is 60.7 Å². The summed E-state index contributed by atoms with van der Waals surface area (Å²) < 4.78 is 0. The van der Waals surface area contributed by atoms with Crippen LogP contribution in [0, 0.1) is 0 Å². The molecule has 0 aliphatic carbocycles. The van der Waals surface area contributed by atoms with Gasteiger partial charge in [0.15, 0.2) is 0 Å². The molecular formula is C33H60O3. The van der Waals surface area contributed by atoms with Crippen molar-refractivity contribution < 1.29 is 15.3 Å². The first-order chi connectivity index (χ1) is 17.5. The standard InChI is InChI=1S/C33H60O3/c1-4-7-10-13-16-19-22-32(35)30-24-23-29(28-34)27-31(30)33(36,25-20-17-14-11-8-5-2)26-21-18-15-12-9-6-3/h23-24,27,32,34-36H,4-22,25-26,28H2,1-3H3. The van der Waals surface area contributed by atoms with Crippen LogP contribution in [-0.2, 0) is 12.2 Å². The van der Waals surface area contributed by atoms with Gasteiger partial charge < -0.3 is 15.3 Å². The summed E-state index contributed by atoms with van der Waals surface area (Å²) in [5.41, 5.74) is 1.64. The second-order valence-electron chi connectivity index (χ2n) is 11.2. The van der Waals surface area contributed by atoms with Crippen LogP contribution in [0.3, 0.4) is 0 Å². The summed E-state index contributed by atoms with van der Waals surface area (Å²) in [7, 11) is 0. The fourth-order valence-corrected chi connectivity index (χ4v) is 5.46. The second-order valence-corrected chi connectivity index (χ2v) is 11.2. The largest absolute Gasteiger partial charge is 0.392 e. The average molecular weight is 505 g/mol. The van der Waals surface area contributed by atoms with Crippen LogP contribution in [0.15, 0.2) is 18.2 Å². The molecule has 0 aromatic heterocycles. The van der Waals surface area contributed by atoms with Crippen LogP contribution < -0.4 is 0 Å². The molecule has 0 spiro atoms. The second kappa shape index (κ2) is 21.1. The van der Waals surface area contributed by atoms with E-state index in [1.54, 1.807) is 0 Å². The van der Waals surface area contributed by atoms with E-state index >= 15 is 0 Å². The number of aliphatic hydroxyl groups is 3. The summed E-state index contributed by atoms with van der Waals surface area (Å²) in [6.45, 7) is 6.68. The maximum atomic E-state index is 12.1. The molecule has 36 heavy (non-hydrogen) atoms. The first kappa shape index (κ1) is 33.1. The summed E-state index contributed by atoms with van der Waals surface area (Å²) in [5.74, 6) is 0. The van der Waals surface area contributed by atoms with E-state index < -0.39 is 11.7 Å². The molecule has 210 valence electrons. The Kier molecular flexibility index (Phi) is 19.4. The van der Waals surface area contributed by atoms with Crippen molar-refractivity contribution in [2.45, 2.75) is 174 Å². The molecule has 0 heterocycles. The Morgan fingerprint density at radius 3 is 1.56 bits per heavy atom. The van der Waals surface area contributed by atoms with Gasteiger partial charge in [-0.25, -0.2) is 0 Å². The van der Waals surface area contributed by atoms with E-state index in [0.717, 1.165) is 74.5 Å². The van der Waals surface area contributed by atoms with Crippen LogP contribution in [-0.4, -0.2) is 15.3 Å². The maximum Gasteiger partial charge on any atom is 0.0900 e.